The first kappa shape index (κ1) is 9.89. The summed E-state index contributed by atoms with van der Waals surface area (Å²) in [6, 6.07) is 0. The zero-order valence-electron chi connectivity index (χ0n) is 7.22. The van der Waals surface area contributed by atoms with E-state index >= 15 is 0 Å². The first-order valence-corrected chi connectivity index (χ1v) is 4.31. The van der Waals surface area contributed by atoms with Gasteiger partial charge in [0.2, 0.25) is 0 Å². The van der Waals surface area contributed by atoms with Crippen molar-refractivity contribution in [2.75, 3.05) is 33.0 Å². The van der Waals surface area contributed by atoms with Gasteiger partial charge in [0, 0.05) is 13.2 Å². The van der Waals surface area contributed by atoms with Gasteiger partial charge in [0.25, 0.3) is 0 Å². The van der Waals surface area contributed by atoms with Crippen molar-refractivity contribution in [3.8, 4) is 0 Å². The van der Waals surface area contributed by atoms with E-state index in [9.17, 15) is 4.39 Å². The van der Waals surface area contributed by atoms with E-state index < -0.39 is 12.3 Å². The van der Waals surface area contributed by atoms with Crippen molar-refractivity contribution in [1.29, 1.82) is 0 Å². The minimum absolute atomic E-state index is 0.126. The summed E-state index contributed by atoms with van der Waals surface area (Å²) >= 11 is 0. The Hall–Kier alpha value is -0.190. The first-order chi connectivity index (χ1) is 5.83. The number of ether oxygens (including phenoxy) is 2. The van der Waals surface area contributed by atoms with E-state index in [1.807, 2.05) is 0 Å². The lowest BCUT2D eigenvalue weighted by molar-refractivity contribution is -0.124. The third kappa shape index (κ3) is 2.40. The Labute approximate surface area is 72.0 Å². The molecule has 0 radical (unpaired) electrons. The van der Waals surface area contributed by atoms with Gasteiger partial charge in [-0.05, 0) is 12.8 Å². The molecule has 4 heteroatoms. The van der Waals surface area contributed by atoms with Gasteiger partial charge in [-0.3, -0.25) is 0 Å². The summed E-state index contributed by atoms with van der Waals surface area (Å²) in [4.78, 5) is 0. The number of hydrogen-bond acceptors (Lipinski definition) is 3. The largest absolute Gasteiger partial charge is 0.378 e. The Morgan fingerprint density at radius 2 is 2.42 bits per heavy atom. The molecule has 2 N–H and O–H groups in total. The highest BCUT2D eigenvalue weighted by Crippen LogP contribution is 2.21. The average molecular weight is 177 g/mol. The lowest BCUT2D eigenvalue weighted by atomic mass is 9.97. The van der Waals surface area contributed by atoms with Gasteiger partial charge in [-0.2, -0.15) is 0 Å². The van der Waals surface area contributed by atoms with Crippen molar-refractivity contribution in [3.63, 3.8) is 0 Å². The number of halogens is 1. The van der Waals surface area contributed by atoms with Crippen LogP contribution in [0.25, 0.3) is 0 Å². The Morgan fingerprint density at radius 1 is 1.58 bits per heavy atom. The normalized spacial score (nSPS) is 30.5. The smallest absolute Gasteiger partial charge is 0.113 e. The van der Waals surface area contributed by atoms with Crippen molar-refractivity contribution in [3.05, 3.63) is 0 Å². The van der Waals surface area contributed by atoms with E-state index in [0.717, 1.165) is 19.4 Å². The maximum absolute atomic E-state index is 11.8. The van der Waals surface area contributed by atoms with Crippen molar-refractivity contribution in [1.82, 2.24) is 0 Å². The molecule has 0 aromatic carbocycles. The summed E-state index contributed by atoms with van der Waals surface area (Å²) in [5, 5.41) is 0. The molecule has 0 aromatic heterocycles. The van der Waals surface area contributed by atoms with Crippen molar-refractivity contribution < 1.29 is 13.9 Å². The fourth-order valence-electron chi connectivity index (χ4n) is 1.42. The highest BCUT2D eigenvalue weighted by Gasteiger charge is 2.32. The van der Waals surface area contributed by atoms with E-state index in [1.54, 1.807) is 0 Å². The molecule has 0 spiro atoms. The summed E-state index contributed by atoms with van der Waals surface area (Å²) in [6.07, 6.45) is 1.83. The predicted molar refractivity (Wildman–Crippen MR) is 43.8 cm³/mol. The number of nitrogens with two attached hydrogens (primary N) is 1. The number of alkyl halides is 1. The SMILES string of the molecule is NCC1(OCCF)CCCOC1. The Kier molecular flexibility index (Phi) is 3.91. The molecule has 0 bridgehead atoms. The van der Waals surface area contributed by atoms with Gasteiger partial charge in [-0.1, -0.05) is 0 Å². The van der Waals surface area contributed by atoms with E-state index in [0.29, 0.717) is 13.2 Å². The van der Waals surface area contributed by atoms with Crippen LogP contribution in [0.4, 0.5) is 4.39 Å². The van der Waals surface area contributed by atoms with Crippen molar-refractivity contribution in [2.45, 2.75) is 18.4 Å². The van der Waals surface area contributed by atoms with Crippen LogP contribution in [0.1, 0.15) is 12.8 Å². The first-order valence-electron chi connectivity index (χ1n) is 4.31. The van der Waals surface area contributed by atoms with Crippen molar-refractivity contribution in [2.24, 2.45) is 5.73 Å². The molecule has 0 aliphatic carbocycles. The number of rotatable bonds is 4. The molecule has 0 amide bonds. The van der Waals surface area contributed by atoms with Crippen LogP contribution in [0.3, 0.4) is 0 Å². The standard InChI is InChI=1S/C8H16FNO2/c9-3-5-12-8(6-10)2-1-4-11-7-8/h1-7,10H2. The maximum atomic E-state index is 11.8. The highest BCUT2D eigenvalue weighted by atomic mass is 19.1. The maximum Gasteiger partial charge on any atom is 0.113 e. The molecule has 12 heavy (non-hydrogen) atoms. The van der Waals surface area contributed by atoms with Crippen LogP contribution >= 0.6 is 0 Å². The molecule has 1 unspecified atom stereocenters. The number of hydrogen-bond donors (Lipinski definition) is 1. The quantitative estimate of drug-likeness (QED) is 0.679. The summed E-state index contributed by atoms with van der Waals surface area (Å²) < 4.78 is 22.4. The average Bonchev–Trinajstić information content (AvgIpc) is 2.16. The molecule has 1 aliphatic heterocycles. The van der Waals surface area contributed by atoms with Gasteiger partial charge in [0.1, 0.15) is 12.3 Å². The molecule has 72 valence electrons. The second-order valence-corrected chi connectivity index (χ2v) is 3.08. The molecular formula is C8H16FNO2. The van der Waals surface area contributed by atoms with E-state index in [2.05, 4.69) is 0 Å². The van der Waals surface area contributed by atoms with Gasteiger partial charge in [-0.25, -0.2) is 4.39 Å². The molecule has 1 fully saturated rings. The third-order valence-electron chi connectivity index (χ3n) is 2.14. The summed E-state index contributed by atoms with van der Waals surface area (Å²) in [7, 11) is 0. The van der Waals surface area contributed by atoms with Crippen LogP contribution < -0.4 is 5.73 Å². The van der Waals surface area contributed by atoms with Crippen molar-refractivity contribution >= 4 is 0 Å². The minimum atomic E-state index is -0.457. The zero-order valence-corrected chi connectivity index (χ0v) is 7.22. The molecule has 1 saturated heterocycles. The van der Waals surface area contributed by atoms with Crippen LogP contribution in [0.15, 0.2) is 0 Å². The fraction of sp³-hybridized carbons (Fsp3) is 1.00. The van der Waals surface area contributed by atoms with Gasteiger partial charge in [0.05, 0.1) is 13.2 Å². The van der Waals surface area contributed by atoms with Gasteiger partial charge >= 0.3 is 0 Å². The van der Waals surface area contributed by atoms with E-state index in [1.165, 1.54) is 0 Å². The topological polar surface area (TPSA) is 44.5 Å². The molecule has 0 aromatic rings. The zero-order chi connectivity index (χ0) is 8.86. The molecule has 3 nitrogen and oxygen atoms in total. The molecular weight excluding hydrogens is 161 g/mol. The van der Waals surface area contributed by atoms with Crippen LogP contribution in [0, 0.1) is 0 Å². The van der Waals surface area contributed by atoms with Gasteiger partial charge < -0.3 is 15.2 Å². The second-order valence-electron chi connectivity index (χ2n) is 3.08. The molecule has 1 rings (SSSR count). The van der Waals surface area contributed by atoms with Crippen LogP contribution in [-0.4, -0.2) is 38.6 Å². The lowest BCUT2D eigenvalue weighted by Crippen LogP contribution is -2.48. The monoisotopic (exact) mass is 177 g/mol. The Bertz CT molecular complexity index is 126. The minimum Gasteiger partial charge on any atom is -0.378 e. The molecule has 1 heterocycles. The highest BCUT2D eigenvalue weighted by molar-refractivity contribution is 4.84. The Morgan fingerprint density at radius 3 is 2.92 bits per heavy atom. The summed E-state index contributed by atoms with van der Waals surface area (Å²) in [5.41, 5.74) is 5.14. The summed E-state index contributed by atoms with van der Waals surface area (Å²) in [5.74, 6) is 0. The Balaban J connectivity index is 2.37. The van der Waals surface area contributed by atoms with Crippen LogP contribution in [-0.2, 0) is 9.47 Å². The predicted octanol–water partition coefficient (Wildman–Crippen LogP) is 0.480. The second kappa shape index (κ2) is 4.74. The third-order valence-corrected chi connectivity index (χ3v) is 2.14. The van der Waals surface area contributed by atoms with E-state index in [-0.39, 0.29) is 6.61 Å². The van der Waals surface area contributed by atoms with E-state index in [4.69, 9.17) is 15.2 Å². The van der Waals surface area contributed by atoms with Gasteiger partial charge in [0.15, 0.2) is 0 Å². The molecule has 1 aliphatic rings. The molecule has 0 saturated carbocycles. The fourth-order valence-corrected chi connectivity index (χ4v) is 1.42. The summed E-state index contributed by atoms with van der Waals surface area (Å²) in [6.45, 7) is 1.35. The van der Waals surface area contributed by atoms with Crippen LogP contribution in [0.2, 0.25) is 0 Å². The van der Waals surface area contributed by atoms with Crippen LogP contribution in [0.5, 0.6) is 0 Å². The molecule has 1 atom stereocenters. The lowest BCUT2D eigenvalue weighted by Gasteiger charge is -2.35. The van der Waals surface area contributed by atoms with Gasteiger partial charge in [-0.15, -0.1) is 0 Å².